The van der Waals surface area contributed by atoms with E-state index < -0.39 is 0 Å². The normalized spacial score (nSPS) is 15.1. The van der Waals surface area contributed by atoms with Crippen molar-refractivity contribution in [1.82, 2.24) is 4.99 Å². The molecule has 1 radical (unpaired) electrons. The minimum atomic E-state index is 0.604. The fourth-order valence-corrected chi connectivity index (χ4v) is 0.429. The van der Waals surface area contributed by atoms with E-state index in [1.54, 1.807) is 18.4 Å². The summed E-state index contributed by atoms with van der Waals surface area (Å²) in [5, 5.41) is 8.25. The van der Waals surface area contributed by atoms with Crippen LogP contribution in [0, 0.1) is 11.3 Å². The molecular formula is C6H4N2+. The molecule has 0 saturated carbocycles. The standard InChI is InChI=1S/C6H4N2/c7-4-6-2-1-3-8-5-6/h1-3,5H/q+1. The molecule has 1 aliphatic heterocycles. The minimum Gasteiger partial charge on any atom is -0.192 e. The van der Waals surface area contributed by atoms with Gasteiger partial charge in [-0.2, -0.15) is 5.26 Å². The predicted molar refractivity (Wildman–Crippen MR) is 31.0 cm³/mol. The predicted octanol–water partition coefficient (Wildman–Crippen LogP) is 0.370. The average Bonchev–Trinajstić information content (AvgIpc) is 1.90. The summed E-state index contributed by atoms with van der Waals surface area (Å²) in [4.78, 5) is 3.73. The van der Waals surface area contributed by atoms with Crippen LogP contribution in [0.25, 0.3) is 0 Å². The summed E-state index contributed by atoms with van der Waals surface area (Å²) < 4.78 is 0. The van der Waals surface area contributed by atoms with Crippen molar-refractivity contribution < 1.29 is 0 Å². The van der Waals surface area contributed by atoms with Crippen molar-refractivity contribution in [2.45, 2.75) is 0 Å². The second-order valence-electron chi connectivity index (χ2n) is 1.35. The fourth-order valence-electron chi connectivity index (χ4n) is 0.429. The summed E-state index contributed by atoms with van der Waals surface area (Å²) in [6.07, 6.45) is 6.62. The molecule has 0 unspecified atom stereocenters. The molecule has 1 heterocycles. The Morgan fingerprint density at radius 2 is 2.50 bits per heavy atom. The molecule has 2 nitrogen and oxygen atoms in total. The molecule has 0 fully saturated rings. The van der Waals surface area contributed by atoms with Gasteiger partial charge >= 0.3 is 0 Å². The van der Waals surface area contributed by atoms with Crippen molar-refractivity contribution in [1.29, 1.82) is 5.26 Å². The highest BCUT2D eigenvalue weighted by atomic mass is 14.7. The molecule has 1 aliphatic rings. The van der Waals surface area contributed by atoms with Crippen molar-refractivity contribution >= 4 is 6.21 Å². The largest absolute Gasteiger partial charge is 0.259 e. The summed E-state index contributed by atoms with van der Waals surface area (Å²) >= 11 is 0. The van der Waals surface area contributed by atoms with E-state index in [1.165, 1.54) is 6.21 Å². The maximum absolute atomic E-state index is 8.25. The van der Waals surface area contributed by atoms with Crippen LogP contribution in [0.5, 0.6) is 0 Å². The first kappa shape index (κ1) is 4.79. The lowest BCUT2D eigenvalue weighted by molar-refractivity contribution is 1.37. The first-order chi connectivity index (χ1) is 3.93. The molecule has 37 valence electrons. The molecule has 8 heavy (non-hydrogen) atoms. The minimum absolute atomic E-state index is 0.604. The van der Waals surface area contributed by atoms with Crippen LogP contribution in [0.2, 0.25) is 0 Å². The average molecular weight is 104 g/mol. The molecule has 0 atom stereocenters. The van der Waals surface area contributed by atoms with Crippen molar-refractivity contribution in [2.24, 2.45) is 0 Å². The van der Waals surface area contributed by atoms with Crippen molar-refractivity contribution in [3.63, 3.8) is 0 Å². The highest BCUT2D eigenvalue weighted by molar-refractivity contribution is 5.84. The monoisotopic (exact) mass is 104 g/mol. The van der Waals surface area contributed by atoms with Crippen LogP contribution in [0.1, 0.15) is 0 Å². The van der Waals surface area contributed by atoms with E-state index in [0.29, 0.717) is 5.57 Å². The van der Waals surface area contributed by atoms with Crippen molar-refractivity contribution in [3.05, 3.63) is 23.9 Å². The van der Waals surface area contributed by atoms with Gasteiger partial charge in [-0.1, -0.05) is 0 Å². The highest BCUT2D eigenvalue weighted by Crippen LogP contribution is 1.89. The molecule has 0 spiro atoms. The van der Waals surface area contributed by atoms with Crippen LogP contribution in [-0.4, -0.2) is 6.21 Å². The van der Waals surface area contributed by atoms with E-state index in [4.69, 9.17) is 5.26 Å². The number of nitriles is 1. The van der Waals surface area contributed by atoms with Crippen molar-refractivity contribution in [2.75, 3.05) is 0 Å². The lowest BCUT2D eigenvalue weighted by Crippen LogP contribution is -1.90. The highest BCUT2D eigenvalue weighted by Gasteiger charge is 1.97. The first-order valence-corrected chi connectivity index (χ1v) is 2.23. The fraction of sp³-hybridized carbons (Fsp3) is 0. The smallest absolute Gasteiger partial charge is 0.192 e. The van der Waals surface area contributed by atoms with Crippen LogP contribution >= 0.6 is 0 Å². The molecule has 0 amide bonds. The van der Waals surface area contributed by atoms with E-state index in [9.17, 15) is 0 Å². The first-order valence-electron chi connectivity index (χ1n) is 2.23. The van der Waals surface area contributed by atoms with Gasteiger partial charge in [-0.05, 0) is 6.08 Å². The van der Waals surface area contributed by atoms with Gasteiger partial charge in [0.15, 0.2) is 0 Å². The van der Waals surface area contributed by atoms with E-state index in [-0.39, 0.29) is 0 Å². The molecule has 0 aromatic carbocycles. The Bertz CT molecular complexity index is 203. The Hall–Kier alpha value is -1.36. The van der Waals surface area contributed by atoms with Crippen molar-refractivity contribution in [3.8, 4) is 6.07 Å². The van der Waals surface area contributed by atoms with Crippen LogP contribution in [-0.2, 0) is 0 Å². The third kappa shape index (κ3) is 0.824. The van der Waals surface area contributed by atoms with E-state index in [1.807, 2.05) is 6.07 Å². The van der Waals surface area contributed by atoms with E-state index in [0.717, 1.165) is 0 Å². The summed E-state index contributed by atoms with van der Waals surface area (Å²) in [5.74, 6) is 0. The van der Waals surface area contributed by atoms with Gasteiger partial charge in [0.25, 0.3) is 6.21 Å². The quantitative estimate of drug-likeness (QED) is 0.437. The second kappa shape index (κ2) is 2.08. The van der Waals surface area contributed by atoms with Crippen LogP contribution < -0.4 is 4.99 Å². The number of aliphatic imine (C=N–C) groups is 1. The van der Waals surface area contributed by atoms with Crippen LogP contribution in [0.15, 0.2) is 23.9 Å². The Morgan fingerprint density at radius 3 is 2.88 bits per heavy atom. The van der Waals surface area contributed by atoms with Gasteiger partial charge in [-0.25, -0.2) is 0 Å². The molecule has 0 aromatic rings. The molecule has 0 aliphatic carbocycles. The van der Waals surface area contributed by atoms with Crippen LogP contribution in [0.3, 0.4) is 0 Å². The van der Waals surface area contributed by atoms with Gasteiger partial charge < -0.3 is 0 Å². The Balaban J connectivity index is 2.88. The number of allylic oxidation sites excluding steroid dienone is 3. The maximum atomic E-state index is 8.25. The summed E-state index contributed by atoms with van der Waals surface area (Å²) in [5.41, 5.74) is 0.604. The number of nitrogens with zero attached hydrogens (tertiary/aromatic N) is 2. The zero-order valence-electron chi connectivity index (χ0n) is 4.20. The summed E-state index contributed by atoms with van der Waals surface area (Å²) in [6, 6.07) is 1.96. The molecule has 0 bridgehead atoms. The molecule has 0 aromatic heterocycles. The van der Waals surface area contributed by atoms with Gasteiger partial charge in [0.2, 0.25) is 6.20 Å². The summed E-state index contributed by atoms with van der Waals surface area (Å²) in [6.45, 7) is 0. The van der Waals surface area contributed by atoms with E-state index >= 15 is 0 Å². The molecule has 0 N–H and O–H groups in total. The lowest BCUT2D eigenvalue weighted by atomic mass is 10.3. The van der Waals surface area contributed by atoms with E-state index in [2.05, 4.69) is 4.99 Å². The third-order valence-electron chi connectivity index (χ3n) is 0.791. The lowest BCUT2D eigenvalue weighted by Gasteiger charge is -1.75. The Morgan fingerprint density at radius 1 is 1.62 bits per heavy atom. The molecule has 2 heteroatoms. The van der Waals surface area contributed by atoms with Gasteiger partial charge in [0, 0.05) is 6.08 Å². The number of hydrogen-bond acceptors (Lipinski definition) is 2. The summed E-state index contributed by atoms with van der Waals surface area (Å²) in [7, 11) is 0. The SMILES string of the molecule is N#CC1=CC=C[N+]=C1. The van der Waals surface area contributed by atoms with Crippen LogP contribution in [0.4, 0.5) is 0 Å². The van der Waals surface area contributed by atoms with Gasteiger partial charge in [-0.15, -0.1) is 0 Å². The third-order valence-corrected chi connectivity index (χ3v) is 0.791. The number of hydrogen-bond donors (Lipinski definition) is 0. The molecule has 0 saturated heterocycles. The Labute approximate surface area is 47.5 Å². The molecule has 1 rings (SSSR count). The second-order valence-corrected chi connectivity index (χ2v) is 1.35. The number of rotatable bonds is 0. The zero-order chi connectivity index (χ0) is 5.82. The Kier molecular flexibility index (Phi) is 1.25. The maximum Gasteiger partial charge on any atom is 0.259 e. The van der Waals surface area contributed by atoms with Gasteiger partial charge in [0.1, 0.15) is 11.6 Å². The zero-order valence-corrected chi connectivity index (χ0v) is 4.20. The van der Waals surface area contributed by atoms with Gasteiger partial charge in [0.05, 0.1) is 4.99 Å². The van der Waals surface area contributed by atoms with Gasteiger partial charge in [-0.3, -0.25) is 0 Å². The topological polar surface area (TPSA) is 37.9 Å². The molecular weight excluding hydrogens is 100 g/mol.